The van der Waals surface area contributed by atoms with E-state index in [0.29, 0.717) is 16.6 Å². The molecule has 3 aromatic carbocycles. The first-order valence-corrected chi connectivity index (χ1v) is 8.81. The molecule has 152 valence electrons. The standard InChI is InChI=1S/C21H15F3N4O2/c22-21(23,24)15-5-1-2-6-16(15)27-20(29)26-13-10-8-12(9-11-13)14-4-3-7-17-18(14)19(25)30-28-17/h1-11H,25H2,(H2,26,27,29). The Balaban J connectivity index is 1.52. The van der Waals surface area contributed by atoms with Gasteiger partial charge in [0, 0.05) is 5.69 Å². The number of hydrogen-bond donors (Lipinski definition) is 3. The second-order valence-corrected chi connectivity index (χ2v) is 6.45. The number of urea groups is 1. The Bertz CT molecular complexity index is 1220. The van der Waals surface area contributed by atoms with Gasteiger partial charge in [-0.3, -0.25) is 0 Å². The average molecular weight is 412 g/mol. The molecule has 0 aliphatic carbocycles. The number of amides is 2. The number of anilines is 3. The Morgan fingerprint density at radius 3 is 2.40 bits per heavy atom. The summed E-state index contributed by atoms with van der Waals surface area (Å²) >= 11 is 0. The van der Waals surface area contributed by atoms with Gasteiger partial charge in [-0.05, 0) is 41.5 Å². The molecule has 0 fully saturated rings. The molecule has 0 radical (unpaired) electrons. The Kier molecular flexibility index (Phi) is 4.78. The molecule has 1 heterocycles. The monoisotopic (exact) mass is 412 g/mol. The Labute approximate surface area is 168 Å². The number of benzene rings is 3. The number of halogens is 3. The Morgan fingerprint density at radius 1 is 0.933 bits per heavy atom. The van der Waals surface area contributed by atoms with Gasteiger partial charge in [-0.1, -0.05) is 41.6 Å². The zero-order valence-corrected chi connectivity index (χ0v) is 15.3. The number of nitrogen functional groups attached to an aromatic ring is 1. The van der Waals surface area contributed by atoms with Crippen molar-refractivity contribution in [3.05, 3.63) is 72.3 Å². The van der Waals surface area contributed by atoms with E-state index in [1.807, 2.05) is 12.1 Å². The van der Waals surface area contributed by atoms with Gasteiger partial charge >= 0.3 is 12.2 Å². The summed E-state index contributed by atoms with van der Waals surface area (Å²) in [5.41, 5.74) is 7.25. The normalized spacial score (nSPS) is 11.4. The van der Waals surface area contributed by atoms with Gasteiger partial charge in [-0.2, -0.15) is 13.2 Å². The van der Waals surface area contributed by atoms with Crippen LogP contribution in [0.25, 0.3) is 22.0 Å². The smallest absolute Gasteiger partial charge is 0.367 e. The fraction of sp³-hybridized carbons (Fsp3) is 0.0476. The van der Waals surface area contributed by atoms with Gasteiger partial charge in [-0.15, -0.1) is 0 Å². The lowest BCUT2D eigenvalue weighted by Gasteiger charge is -2.14. The van der Waals surface area contributed by atoms with Crippen LogP contribution in [0.1, 0.15) is 5.56 Å². The van der Waals surface area contributed by atoms with Crippen LogP contribution in [0, 0.1) is 0 Å². The van der Waals surface area contributed by atoms with Crippen molar-refractivity contribution in [1.82, 2.24) is 5.16 Å². The van der Waals surface area contributed by atoms with Crippen LogP contribution in [0.3, 0.4) is 0 Å². The van der Waals surface area contributed by atoms with E-state index in [-0.39, 0.29) is 11.6 Å². The Hall–Kier alpha value is -4.01. The highest BCUT2D eigenvalue weighted by Crippen LogP contribution is 2.35. The zero-order valence-electron chi connectivity index (χ0n) is 15.3. The number of rotatable bonds is 3. The van der Waals surface area contributed by atoms with E-state index >= 15 is 0 Å². The van der Waals surface area contributed by atoms with E-state index in [1.165, 1.54) is 18.2 Å². The molecule has 4 N–H and O–H groups in total. The molecule has 1 aromatic heterocycles. The molecule has 0 saturated carbocycles. The van der Waals surface area contributed by atoms with Gasteiger partial charge in [0.25, 0.3) is 0 Å². The minimum atomic E-state index is -4.57. The van der Waals surface area contributed by atoms with Crippen molar-refractivity contribution in [2.45, 2.75) is 6.18 Å². The molecule has 0 aliphatic heterocycles. The van der Waals surface area contributed by atoms with E-state index < -0.39 is 17.8 Å². The molecule has 9 heteroatoms. The number of nitrogens with one attached hydrogen (secondary N) is 2. The summed E-state index contributed by atoms with van der Waals surface area (Å²) in [6.45, 7) is 0. The summed E-state index contributed by atoms with van der Waals surface area (Å²) in [7, 11) is 0. The summed E-state index contributed by atoms with van der Waals surface area (Å²) < 4.78 is 44.2. The molecule has 4 rings (SSSR count). The number of fused-ring (bicyclic) bond motifs is 1. The van der Waals surface area contributed by atoms with Crippen LogP contribution in [-0.2, 0) is 6.18 Å². The maximum atomic E-state index is 13.1. The third-order valence-electron chi connectivity index (χ3n) is 4.47. The first-order valence-electron chi connectivity index (χ1n) is 8.81. The van der Waals surface area contributed by atoms with Crippen molar-refractivity contribution in [2.24, 2.45) is 0 Å². The number of alkyl halides is 3. The van der Waals surface area contributed by atoms with E-state index in [1.54, 1.807) is 30.3 Å². The maximum Gasteiger partial charge on any atom is 0.418 e. The summed E-state index contributed by atoms with van der Waals surface area (Å²) in [6, 6.07) is 16.2. The molecule has 0 saturated heterocycles. The quantitative estimate of drug-likeness (QED) is 0.400. The fourth-order valence-electron chi connectivity index (χ4n) is 3.12. The molecule has 4 aromatic rings. The number of nitrogens with two attached hydrogens (primary N) is 1. The third-order valence-corrected chi connectivity index (χ3v) is 4.47. The molecule has 0 bridgehead atoms. The van der Waals surface area contributed by atoms with Crippen LogP contribution in [0.5, 0.6) is 0 Å². The number of hydrogen-bond acceptors (Lipinski definition) is 4. The molecular weight excluding hydrogens is 397 g/mol. The van der Waals surface area contributed by atoms with Gasteiger partial charge in [0.05, 0.1) is 16.6 Å². The number of nitrogens with zero attached hydrogens (tertiary/aromatic N) is 1. The largest absolute Gasteiger partial charge is 0.418 e. The predicted octanol–water partition coefficient (Wildman–Crippen LogP) is 5.74. The number of para-hydroxylation sites is 1. The first-order chi connectivity index (χ1) is 14.3. The van der Waals surface area contributed by atoms with Crippen molar-refractivity contribution >= 4 is 34.2 Å². The highest BCUT2D eigenvalue weighted by molar-refractivity contribution is 6.02. The highest BCUT2D eigenvalue weighted by Gasteiger charge is 2.33. The number of carbonyl (C=O) groups excluding carboxylic acids is 1. The lowest BCUT2D eigenvalue weighted by atomic mass is 10.0. The van der Waals surface area contributed by atoms with Gasteiger partial charge in [0.15, 0.2) is 0 Å². The molecule has 0 spiro atoms. The summed E-state index contributed by atoms with van der Waals surface area (Å²) in [4.78, 5) is 12.2. The predicted molar refractivity (Wildman–Crippen MR) is 108 cm³/mol. The van der Waals surface area contributed by atoms with E-state index in [2.05, 4.69) is 15.8 Å². The molecular formula is C21H15F3N4O2. The van der Waals surface area contributed by atoms with Gasteiger partial charge in [-0.25, -0.2) is 4.79 Å². The third kappa shape index (κ3) is 3.77. The maximum absolute atomic E-state index is 13.1. The average Bonchev–Trinajstić information content (AvgIpc) is 3.09. The van der Waals surface area contributed by atoms with Crippen molar-refractivity contribution in [1.29, 1.82) is 0 Å². The first kappa shape index (κ1) is 19.3. The number of aromatic nitrogens is 1. The van der Waals surface area contributed by atoms with E-state index in [4.69, 9.17) is 10.3 Å². The molecule has 0 unspecified atom stereocenters. The fourth-order valence-corrected chi connectivity index (χ4v) is 3.12. The molecule has 6 nitrogen and oxygen atoms in total. The van der Waals surface area contributed by atoms with Crippen LogP contribution in [0.2, 0.25) is 0 Å². The summed E-state index contributed by atoms with van der Waals surface area (Å²) in [5.74, 6) is 0.200. The van der Waals surface area contributed by atoms with E-state index in [0.717, 1.165) is 17.2 Å². The second kappa shape index (κ2) is 7.43. The van der Waals surface area contributed by atoms with E-state index in [9.17, 15) is 18.0 Å². The van der Waals surface area contributed by atoms with Crippen LogP contribution in [0.15, 0.2) is 71.3 Å². The lowest BCUT2D eigenvalue weighted by Crippen LogP contribution is -2.21. The summed E-state index contributed by atoms with van der Waals surface area (Å²) in [6.07, 6.45) is -4.57. The van der Waals surface area contributed by atoms with Crippen molar-refractivity contribution in [3.63, 3.8) is 0 Å². The van der Waals surface area contributed by atoms with Gasteiger partial charge in [0.2, 0.25) is 5.88 Å². The molecule has 0 aliphatic rings. The van der Waals surface area contributed by atoms with Crippen LogP contribution >= 0.6 is 0 Å². The van der Waals surface area contributed by atoms with Crippen LogP contribution in [-0.4, -0.2) is 11.2 Å². The van der Waals surface area contributed by atoms with Crippen molar-refractivity contribution in [2.75, 3.05) is 16.4 Å². The zero-order chi connectivity index (χ0) is 21.3. The van der Waals surface area contributed by atoms with Gasteiger partial charge in [0.1, 0.15) is 5.52 Å². The van der Waals surface area contributed by atoms with Crippen LogP contribution in [0.4, 0.5) is 35.2 Å². The summed E-state index contributed by atoms with van der Waals surface area (Å²) in [5, 5.41) is 9.31. The Morgan fingerprint density at radius 2 is 1.67 bits per heavy atom. The second-order valence-electron chi connectivity index (χ2n) is 6.45. The minimum absolute atomic E-state index is 0.200. The molecule has 2 amide bonds. The van der Waals surface area contributed by atoms with Crippen molar-refractivity contribution < 1.29 is 22.5 Å². The lowest BCUT2D eigenvalue weighted by molar-refractivity contribution is -0.136. The van der Waals surface area contributed by atoms with Gasteiger partial charge < -0.3 is 20.9 Å². The SMILES string of the molecule is Nc1onc2cccc(-c3ccc(NC(=O)Nc4ccccc4C(F)(F)F)cc3)c12. The van der Waals surface area contributed by atoms with Crippen molar-refractivity contribution in [3.8, 4) is 11.1 Å². The topological polar surface area (TPSA) is 93.2 Å². The molecule has 0 atom stereocenters. The highest BCUT2D eigenvalue weighted by atomic mass is 19.4. The van der Waals surface area contributed by atoms with Crippen LogP contribution < -0.4 is 16.4 Å². The minimum Gasteiger partial charge on any atom is -0.367 e. The molecule has 30 heavy (non-hydrogen) atoms. The number of carbonyl (C=O) groups is 1.